The summed E-state index contributed by atoms with van der Waals surface area (Å²) in [5.74, 6) is 8.73. The third-order valence-corrected chi connectivity index (χ3v) is 4.89. The van der Waals surface area contributed by atoms with Crippen LogP contribution in [0, 0.1) is 5.92 Å². The Hall–Kier alpha value is 0.230. The second-order valence-corrected chi connectivity index (χ2v) is 6.08. The van der Waals surface area contributed by atoms with Crippen LogP contribution in [0.3, 0.4) is 0 Å². The molecule has 15 heavy (non-hydrogen) atoms. The highest BCUT2D eigenvalue weighted by molar-refractivity contribution is 7.99. The van der Waals surface area contributed by atoms with Gasteiger partial charge >= 0.3 is 0 Å². The van der Waals surface area contributed by atoms with Gasteiger partial charge in [0.15, 0.2) is 0 Å². The molecule has 2 fully saturated rings. The van der Waals surface area contributed by atoms with Gasteiger partial charge in [0.2, 0.25) is 0 Å². The van der Waals surface area contributed by atoms with Crippen LogP contribution in [0.5, 0.6) is 0 Å². The molecule has 0 aliphatic carbocycles. The van der Waals surface area contributed by atoms with E-state index in [2.05, 4.69) is 24.1 Å². The molecule has 2 heterocycles. The van der Waals surface area contributed by atoms with Crippen molar-refractivity contribution >= 4 is 11.8 Å². The lowest BCUT2D eigenvalue weighted by molar-refractivity contribution is -0.106. The fourth-order valence-corrected chi connectivity index (χ4v) is 3.96. The van der Waals surface area contributed by atoms with Crippen LogP contribution in [-0.4, -0.2) is 29.8 Å². The molecule has 88 valence electrons. The van der Waals surface area contributed by atoms with Crippen molar-refractivity contribution in [3.05, 3.63) is 0 Å². The normalized spacial score (nSPS) is 32.8. The van der Waals surface area contributed by atoms with Crippen LogP contribution in [0.4, 0.5) is 0 Å². The third kappa shape index (κ3) is 2.67. The van der Waals surface area contributed by atoms with Crippen molar-refractivity contribution in [2.45, 2.75) is 44.2 Å². The van der Waals surface area contributed by atoms with Gasteiger partial charge in [-0.05, 0) is 50.0 Å². The number of hydrogen-bond donors (Lipinski definition) is 2. The summed E-state index contributed by atoms with van der Waals surface area (Å²) in [6.45, 7) is 3.10. The monoisotopic (exact) mass is 230 g/mol. The standard InChI is InChI=1S/C11H22N2OS/c1-9(13-12)10-2-5-14-11(8-10)3-6-15-7-4-11/h9-10,13H,2-8,12H2,1H3. The molecule has 2 saturated heterocycles. The van der Waals surface area contributed by atoms with E-state index in [0.29, 0.717) is 12.0 Å². The molecule has 3 N–H and O–H groups in total. The summed E-state index contributed by atoms with van der Waals surface area (Å²) in [4.78, 5) is 0. The third-order valence-electron chi connectivity index (χ3n) is 3.91. The maximum Gasteiger partial charge on any atom is 0.0701 e. The maximum atomic E-state index is 6.05. The first kappa shape index (κ1) is 11.7. The summed E-state index contributed by atoms with van der Waals surface area (Å²) >= 11 is 2.06. The van der Waals surface area contributed by atoms with Crippen molar-refractivity contribution in [1.29, 1.82) is 0 Å². The largest absolute Gasteiger partial charge is 0.375 e. The van der Waals surface area contributed by atoms with E-state index in [1.807, 2.05) is 0 Å². The van der Waals surface area contributed by atoms with Crippen molar-refractivity contribution in [1.82, 2.24) is 5.43 Å². The molecule has 0 radical (unpaired) electrons. The van der Waals surface area contributed by atoms with Gasteiger partial charge in [-0.25, -0.2) is 0 Å². The minimum Gasteiger partial charge on any atom is -0.375 e. The average molecular weight is 230 g/mol. The van der Waals surface area contributed by atoms with E-state index < -0.39 is 0 Å². The van der Waals surface area contributed by atoms with E-state index in [1.165, 1.54) is 30.8 Å². The van der Waals surface area contributed by atoms with Crippen LogP contribution in [0.25, 0.3) is 0 Å². The molecule has 2 unspecified atom stereocenters. The molecule has 0 aromatic heterocycles. The summed E-state index contributed by atoms with van der Waals surface area (Å²) in [5, 5.41) is 0. The Morgan fingerprint density at radius 1 is 1.47 bits per heavy atom. The maximum absolute atomic E-state index is 6.05. The van der Waals surface area contributed by atoms with E-state index in [4.69, 9.17) is 10.6 Å². The molecule has 2 aliphatic rings. The van der Waals surface area contributed by atoms with Crippen LogP contribution in [0.15, 0.2) is 0 Å². The second kappa shape index (κ2) is 5.04. The average Bonchev–Trinajstić information content (AvgIpc) is 2.29. The van der Waals surface area contributed by atoms with Gasteiger partial charge in [-0.3, -0.25) is 11.3 Å². The fourth-order valence-electron chi connectivity index (χ4n) is 2.72. The number of ether oxygens (including phenoxy) is 1. The molecular weight excluding hydrogens is 208 g/mol. The minimum absolute atomic E-state index is 0.194. The molecule has 2 atom stereocenters. The summed E-state index contributed by atoms with van der Waals surface area (Å²) in [5.41, 5.74) is 3.09. The molecule has 4 heteroatoms. The Balaban J connectivity index is 1.96. The summed E-state index contributed by atoms with van der Waals surface area (Å²) in [7, 11) is 0. The van der Waals surface area contributed by atoms with Crippen molar-refractivity contribution in [3.8, 4) is 0 Å². The molecular formula is C11H22N2OS. The lowest BCUT2D eigenvalue weighted by Crippen LogP contribution is -2.48. The molecule has 0 aromatic carbocycles. The minimum atomic E-state index is 0.194. The zero-order valence-corrected chi connectivity index (χ0v) is 10.3. The molecule has 2 rings (SSSR count). The number of nitrogens with two attached hydrogens (primary N) is 1. The molecule has 0 aromatic rings. The summed E-state index contributed by atoms with van der Waals surface area (Å²) < 4.78 is 6.05. The molecule has 0 amide bonds. The Bertz CT molecular complexity index is 201. The van der Waals surface area contributed by atoms with Gasteiger partial charge in [0.25, 0.3) is 0 Å². The van der Waals surface area contributed by atoms with Crippen molar-refractivity contribution in [2.75, 3.05) is 18.1 Å². The first-order valence-electron chi connectivity index (χ1n) is 5.94. The Morgan fingerprint density at radius 3 is 2.87 bits per heavy atom. The number of hydrazine groups is 1. The highest BCUT2D eigenvalue weighted by Gasteiger charge is 2.39. The number of rotatable bonds is 2. The van der Waals surface area contributed by atoms with Crippen LogP contribution in [0.1, 0.15) is 32.6 Å². The smallest absolute Gasteiger partial charge is 0.0701 e. The zero-order chi connectivity index (χ0) is 10.7. The topological polar surface area (TPSA) is 47.3 Å². The molecule has 2 aliphatic heterocycles. The summed E-state index contributed by atoms with van der Waals surface area (Å²) in [6, 6.07) is 0.417. The molecule has 0 saturated carbocycles. The highest BCUT2D eigenvalue weighted by atomic mass is 32.2. The van der Waals surface area contributed by atoms with E-state index in [0.717, 1.165) is 13.0 Å². The van der Waals surface area contributed by atoms with Crippen molar-refractivity contribution in [2.24, 2.45) is 11.8 Å². The summed E-state index contributed by atoms with van der Waals surface area (Å²) in [6.07, 6.45) is 4.80. The highest BCUT2D eigenvalue weighted by Crippen LogP contribution is 2.40. The number of thioether (sulfide) groups is 1. The van der Waals surface area contributed by atoms with Gasteiger partial charge in [0, 0.05) is 12.6 Å². The van der Waals surface area contributed by atoms with Gasteiger partial charge in [-0.2, -0.15) is 11.8 Å². The van der Waals surface area contributed by atoms with Gasteiger partial charge < -0.3 is 4.74 Å². The predicted molar refractivity (Wildman–Crippen MR) is 64.8 cm³/mol. The van der Waals surface area contributed by atoms with Gasteiger partial charge in [0.1, 0.15) is 0 Å². The second-order valence-electron chi connectivity index (χ2n) is 4.85. The van der Waals surface area contributed by atoms with Crippen LogP contribution in [-0.2, 0) is 4.74 Å². The SMILES string of the molecule is CC(NN)C1CCOC2(CCSCC2)C1. The predicted octanol–water partition coefficient (Wildman–Crippen LogP) is 1.53. The van der Waals surface area contributed by atoms with Crippen molar-refractivity contribution < 1.29 is 4.74 Å². The lowest BCUT2D eigenvalue weighted by atomic mass is 9.79. The lowest BCUT2D eigenvalue weighted by Gasteiger charge is -2.44. The molecule has 0 bridgehead atoms. The fraction of sp³-hybridized carbons (Fsp3) is 1.00. The van der Waals surface area contributed by atoms with Crippen LogP contribution < -0.4 is 11.3 Å². The first-order valence-corrected chi connectivity index (χ1v) is 7.09. The number of hydrogen-bond acceptors (Lipinski definition) is 4. The first-order chi connectivity index (χ1) is 7.26. The van der Waals surface area contributed by atoms with E-state index in [1.54, 1.807) is 0 Å². The Labute approximate surface area is 96.5 Å². The molecule has 3 nitrogen and oxygen atoms in total. The van der Waals surface area contributed by atoms with Gasteiger partial charge in [-0.1, -0.05) is 0 Å². The van der Waals surface area contributed by atoms with Crippen LogP contribution >= 0.6 is 11.8 Å². The molecule has 1 spiro atoms. The number of nitrogens with one attached hydrogen (secondary N) is 1. The van der Waals surface area contributed by atoms with Gasteiger partial charge in [-0.15, -0.1) is 0 Å². The van der Waals surface area contributed by atoms with Crippen molar-refractivity contribution in [3.63, 3.8) is 0 Å². The zero-order valence-electron chi connectivity index (χ0n) is 9.50. The van der Waals surface area contributed by atoms with E-state index in [-0.39, 0.29) is 5.60 Å². The Morgan fingerprint density at radius 2 is 2.20 bits per heavy atom. The Kier molecular flexibility index (Phi) is 3.93. The van der Waals surface area contributed by atoms with Crippen LogP contribution in [0.2, 0.25) is 0 Å². The van der Waals surface area contributed by atoms with E-state index in [9.17, 15) is 0 Å². The van der Waals surface area contributed by atoms with Gasteiger partial charge in [0.05, 0.1) is 5.60 Å². The van der Waals surface area contributed by atoms with E-state index >= 15 is 0 Å². The quantitative estimate of drug-likeness (QED) is 0.558.